The largest absolute Gasteiger partial charge is 0.511 e. The molecule has 0 radical (unpaired) electrons. The molecule has 0 saturated carbocycles. The highest BCUT2D eigenvalue weighted by molar-refractivity contribution is 5.98. The van der Waals surface area contributed by atoms with Crippen LogP contribution in [0.3, 0.4) is 0 Å². The number of carbonyl (C=O) groups excluding carboxylic acids is 1. The Hall–Kier alpha value is -0.870. The molecule has 0 unspecified atom stereocenters. The predicted octanol–water partition coefficient (Wildman–Crippen LogP) is 1.81. The van der Waals surface area contributed by atoms with E-state index in [-0.39, 0.29) is 17.0 Å². The Morgan fingerprint density at radius 1 is 1.40 bits per heavy atom. The molecule has 0 heterocycles. The molecule has 1 N–H and O–H groups in total. The quantitative estimate of drug-likeness (QED) is 0.725. The van der Waals surface area contributed by atoms with Crippen molar-refractivity contribution in [2.24, 2.45) is 5.41 Å². The summed E-state index contributed by atoms with van der Waals surface area (Å²) < 4.78 is 9.75. The van der Waals surface area contributed by atoms with Crippen molar-refractivity contribution in [1.82, 2.24) is 0 Å². The highest BCUT2D eigenvalue weighted by atomic mass is 16.7. The van der Waals surface area contributed by atoms with Gasteiger partial charge in [0.1, 0.15) is 5.76 Å². The van der Waals surface area contributed by atoms with Crippen LogP contribution in [-0.2, 0) is 14.3 Å². The Morgan fingerprint density at radius 2 is 1.93 bits per heavy atom. The highest BCUT2D eigenvalue weighted by Crippen LogP contribution is 2.41. The summed E-state index contributed by atoms with van der Waals surface area (Å²) in [6.07, 6.45) is 0.456. The average Bonchev–Trinajstić information content (AvgIpc) is 2.44. The molecule has 0 bridgehead atoms. The van der Waals surface area contributed by atoms with Gasteiger partial charge in [-0.05, 0) is 12.8 Å². The van der Waals surface area contributed by atoms with Crippen LogP contribution in [0.1, 0.15) is 26.7 Å². The number of aliphatic hydroxyl groups is 1. The van der Waals surface area contributed by atoms with Crippen LogP contribution in [0.15, 0.2) is 11.3 Å². The molecule has 0 spiro atoms. The molecule has 0 amide bonds. The Labute approximate surface area is 89.9 Å². The van der Waals surface area contributed by atoms with Gasteiger partial charge in [0.25, 0.3) is 0 Å². The van der Waals surface area contributed by atoms with Gasteiger partial charge in [0.2, 0.25) is 12.1 Å². The van der Waals surface area contributed by atoms with Crippen LogP contribution in [-0.4, -0.2) is 31.4 Å². The first-order chi connectivity index (χ1) is 6.94. The molecule has 0 aromatic heterocycles. The minimum Gasteiger partial charge on any atom is -0.511 e. The third-order valence-corrected chi connectivity index (χ3v) is 2.87. The van der Waals surface area contributed by atoms with Crippen molar-refractivity contribution in [3.05, 3.63) is 11.3 Å². The lowest BCUT2D eigenvalue weighted by Gasteiger charge is -2.17. The summed E-state index contributed by atoms with van der Waals surface area (Å²) in [5.41, 5.74) is 0.130. The third kappa shape index (κ3) is 2.21. The molecule has 15 heavy (non-hydrogen) atoms. The number of hydrogen-bond donors (Lipinski definition) is 1. The molecule has 0 fully saturated rings. The fraction of sp³-hybridized carbons (Fsp3) is 0.727. The van der Waals surface area contributed by atoms with Gasteiger partial charge in [0.15, 0.2) is 0 Å². The van der Waals surface area contributed by atoms with E-state index >= 15 is 0 Å². The number of aliphatic hydroxyl groups excluding tert-OH is 1. The fourth-order valence-corrected chi connectivity index (χ4v) is 1.78. The van der Waals surface area contributed by atoms with Crippen LogP contribution < -0.4 is 0 Å². The monoisotopic (exact) mass is 214 g/mol. The molecule has 0 saturated heterocycles. The normalized spacial score (nSPS) is 20.1. The number of allylic oxidation sites excluding steroid dienone is 1. The molecule has 1 aliphatic carbocycles. The Kier molecular flexibility index (Phi) is 3.52. The lowest BCUT2D eigenvalue weighted by Crippen LogP contribution is -2.26. The Bertz CT molecular complexity index is 287. The van der Waals surface area contributed by atoms with E-state index in [1.165, 1.54) is 14.2 Å². The van der Waals surface area contributed by atoms with Crippen LogP contribution in [0.2, 0.25) is 0 Å². The maximum absolute atomic E-state index is 11.8. The van der Waals surface area contributed by atoms with Crippen molar-refractivity contribution in [3.63, 3.8) is 0 Å². The van der Waals surface area contributed by atoms with Gasteiger partial charge in [-0.2, -0.15) is 0 Å². The van der Waals surface area contributed by atoms with E-state index in [1.54, 1.807) is 0 Å². The lowest BCUT2D eigenvalue weighted by atomic mass is 9.91. The van der Waals surface area contributed by atoms with Crippen LogP contribution in [0.4, 0.5) is 0 Å². The third-order valence-electron chi connectivity index (χ3n) is 2.87. The van der Waals surface area contributed by atoms with E-state index in [0.717, 1.165) is 6.42 Å². The van der Waals surface area contributed by atoms with Crippen molar-refractivity contribution in [3.8, 4) is 0 Å². The molecular weight excluding hydrogens is 196 g/mol. The maximum Gasteiger partial charge on any atom is 0.221 e. The van der Waals surface area contributed by atoms with Gasteiger partial charge in [0.05, 0.1) is 0 Å². The van der Waals surface area contributed by atoms with Crippen molar-refractivity contribution < 1.29 is 19.4 Å². The van der Waals surface area contributed by atoms with E-state index in [9.17, 15) is 9.90 Å². The number of ether oxygens (including phenoxy) is 2. The average molecular weight is 214 g/mol. The topological polar surface area (TPSA) is 55.8 Å². The molecule has 1 rings (SSSR count). The number of carbonyl (C=O) groups is 1. The molecule has 4 heteroatoms. The molecule has 0 aliphatic heterocycles. The summed E-state index contributed by atoms with van der Waals surface area (Å²) in [5.74, 6) is -0.102. The zero-order valence-electron chi connectivity index (χ0n) is 9.66. The number of Topliss-reactive ketones (excluding diaryl/α,β-unsaturated/α-hetero) is 1. The van der Waals surface area contributed by atoms with Crippen molar-refractivity contribution in [1.29, 1.82) is 0 Å². The first kappa shape index (κ1) is 12.2. The van der Waals surface area contributed by atoms with E-state index in [4.69, 9.17) is 9.47 Å². The van der Waals surface area contributed by atoms with Gasteiger partial charge >= 0.3 is 0 Å². The van der Waals surface area contributed by atoms with E-state index in [0.29, 0.717) is 12.0 Å². The minimum absolute atomic E-state index is 0.173. The number of hydrogen-bond acceptors (Lipinski definition) is 4. The van der Waals surface area contributed by atoms with E-state index in [1.807, 2.05) is 13.8 Å². The standard InChI is InChI=1S/C11H18O4/c1-11(2)6-5-7(9(11)13)8(12)10(14-3)15-4/h10,13H,5-6H2,1-4H3. The van der Waals surface area contributed by atoms with Crippen LogP contribution in [0.5, 0.6) is 0 Å². The molecule has 0 aromatic rings. The zero-order chi connectivity index (χ0) is 11.6. The summed E-state index contributed by atoms with van der Waals surface area (Å²) >= 11 is 0. The summed E-state index contributed by atoms with van der Waals surface area (Å²) in [6, 6.07) is 0. The van der Waals surface area contributed by atoms with Gasteiger partial charge in [-0.3, -0.25) is 4.79 Å². The predicted molar refractivity (Wildman–Crippen MR) is 55.5 cm³/mol. The molecule has 86 valence electrons. The number of ketones is 1. The fourth-order valence-electron chi connectivity index (χ4n) is 1.78. The Morgan fingerprint density at radius 3 is 2.27 bits per heavy atom. The summed E-state index contributed by atoms with van der Waals surface area (Å²) in [5, 5.41) is 9.87. The van der Waals surface area contributed by atoms with Crippen molar-refractivity contribution in [2.75, 3.05) is 14.2 Å². The number of methoxy groups -OCH3 is 2. The van der Waals surface area contributed by atoms with Crippen molar-refractivity contribution >= 4 is 5.78 Å². The van der Waals surface area contributed by atoms with Crippen LogP contribution in [0.25, 0.3) is 0 Å². The maximum atomic E-state index is 11.8. The summed E-state index contributed by atoms with van der Waals surface area (Å²) in [6.45, 7) is 3.83. The second kappa shape index (κ2) is 4.33. The molecule has 0 aromatic carbocycles. The van der Waals surface area contributed by atoms with Gasteiger partial charge in [0, 0.05) is 25.2 Å². The van der Waals surface area contributed by atoms with Gasteiger partial charge in [-0.15, -0.1) is 0 Å². The van der Waals surface area contributed by atoms with Gasteiger partial charge < -0.3 is 14.6 Å². The first-order valence-electron chi connectivity index (χ1n) is 4.96. The second-order valence-corrected chi connectivity index (χ2v) is 4.38. The lowest BCUT2D eigenvalue weighted by molar-refractivity contribution is -0.152. The number of rotatable bonds is 4. The highest BCUT2D eigenvalue weighted by Gasteiger charge is 2.37. The van der Waals surface area contributed by atoms with E-state index in [2.05, 4.69) is 0 Å². The van der Waals surface area contributed by atoms with Gasteiger partial charge in [-0.1, -0.05) is 13.8 Å². The van der Waals surface area contributed by atoms with E-state index < -0.39 is 6.29 Å². The van der Waals surface area contributed by atoms with Crippen LogP contribution >= 0.6 is 0 Å². The smallest absolute Gasteiger partial charge is 0.221 e. The van der Waals surface area contributed by atoms with Crippen molar-refractivity contribution in [2.45, 2.75) is 33.0 Å². The molecular formula is C11H18O4. The van der Waals surface area contributed by atoms with Gasteiger partial charge in [-0.25, -0.2) is 0 Å². The molecule has 4 nitrogen and oxygen atoms in total. The molecule has 0 atom stereocenters. The zero-order valence-corrected chi connectivity index (χ0v) is 9.66. The molecule has 1 aliphatic rings. The minimum atomic E-state index is -0.906. The SMILES string of the molecule is COC(OC)C(=O)C1=C(O)C(C)(C)CC1. The Balaban J connectivity index is 2.90. The summed E-state index contributed by atoms with van der Waals surface area (Å²) in [7, 11) is 2.81. The van der Waals surface area contributed by atoms with Crippen LogP contribution in [0, 0.1) is 5.41 Å². The summed E-state index contributed by atoms with van der Waals surface area (Å²) in [4.78, 5) is 11.8. The first-order valence-corrected chi connectivity index (χ1v) is 4.96. The second-order valence-electron chi connectivity index (χ2n) is 4.38.